The van der Waals surface area contributed by atoms with Crippen LogP contribution in [0.15, 0.2) is 182 Å². The van der Waals surface area contributed by atoms with Crippen molar-refractivity contribution >= 4 is 17.3 Å². The highest BCUT2D eigenvalue weighted by Crippen LogP contribution is 2.43. The smallest absolute Gasteiger partial charge is 0.244 e. The summed E-state index contributed by atoms with van der Waals surface area (Å²) >= 11 is 0. The number of aliphatic hydroxyl groups excluding tert-OH is 2. The zero-order valence-electron chi connectivity index (χ0n) is 32.4. The lowest BCUT2D eigenvalue weighted by Crippen LogP contribution is -2.40. The molecule has 0 amide bonds. The lowest BCUT2D eigenvalue weighted by atomic mass is 9.77. The molecule has 0 aliphatic carbocycles. The number of hydrogen-bond donors (Lipinski definition) is 4. The Morgan fingerprint density at radius 3 is 1.33 bits per heavy atom. The topological polar surface area (TPSA) is 113 Å². The van der Waals surface area contributed by atoms with Crippen molar-refractivity contribution in [3.8, 4) is 11.5 Å². The number of ether oxygens (including phenoxy) is 2. The van der Waals surface area contributed by atoms with Gasteiger partial charge in [-0.25, -0.2) is 4.52 Å². The van der Waals surface area contributed by atoms with E-state index in [9.17, 15) is 10.2 Å². The standard InChI is InChI=1S/C49H45N5O4/c1-57-43-28-23-39(24-29-43)48(35-15-7-3-8-16-35,36-17-9-4-10-18-36)51-46-45-32-27-41(33-42(56)34-55)54(45)53-47(50-46)52-49(37-19-11-5-12-20-37,38-21-13-6-14-22-38)40-25-30-44(58-2)31-26-40/h3-32,42,55-56H,33-34H2,1-2H3,(H2,50,51,52,53). The molecule has 0 fully saturated rings. The summed E-state index contributed by atoms with van der Waals surface area (Å²) in [7, 11) is 3.32. The van der Waals surface area contributed by atoms with Gasteiger partial charge in [0.1, 0.15) is 28.1 Å². The number of aliphatic hydroxyl groups is 2. The second-order valence-corrected chi connectivity index (χ2v) is 14.1. The van der Waals surface area contributed by atoms with Gasteiger partial charge < -0.3 is 30.3 Å². The summed E-state index contributed by atoms with van der Waals surface area (Å²) in [5.74, 6) is 2.33. The molecule has 9 heteroatoms. The Kier molecular flexibility index (Phi) is 10.9. The van der Waals surface area contributed by atoms with Gasteiger partial charge in [-0.3, -0.25) is 0 Å². The van der Waals surface area contributed by atoms with Gasteiger partial charge in [0.05, 0.1) is 26.9 Å². The summed E-state index contributed by atoms with van der Waals surface area (Å²) in [5.41, 5.74) is 5.25. The minimum Gasteiger partial charge on any atom is -0.497 e. The molecule has 0 radical (unpaired) electrons. The van der Waals surface area contributed by atoms with Gasteiger partial charge in [0.25, 0.3) is 0 Å². The first-order valence-electron chi connectivity index (χ1n) is 19.2. The van der Waals surface area contributed by atoms with E-state index in [1.165, 1.54) is 0 Å². The molecule has 2 aromatic heterocycles. The molecule has 2 heterocycles. The molecule has 0 aliphatic rings. The first-order valence-corrected chi connectivity index (χ1v) is 19.2. The van der Waals surface area contributed by atoms with Crippen molar-refractivity contribution in [1.82, 2.24) is 14.6 Å². The van der Waals surface area contributed by atoms with E-state index in [-0.39, 0.29) is 13.0 Å². The SMILES string of the molecule is COc1ccc(C(Nc2nc(NC(c3ccccc3)(c3ccccc3)c3ccc(OC)cc3)c3ccc(CC(O)CO)n3n2)(c2ccccc2)c2ccccc2)cc1. The number of fused-ring (bicyclic) bond motifs is 1. The molecule has 0 saturated carbocycles. The minimum absolute atomic E-state index is 0.169. The number of nitrogens with zero attached hydrogens (tertiary/aromatic N) is 3. The summed E-state index contributed by atoms with van der Waals surface area (Å²) in [6, 6.07) is 61.1. The summed E-state index contributed by atoms with van der Waals surface area (Å²) in [6.45, 7) is -0.389. The van der Waals surface area contributed by atoms with Crippen LogP contribution in [-0.4, -0.2) is 51.7 Å². The van der Waals surface area contributed by atoms with E-state index >= 15 is 0 Å². The maximum absolute atomic E-state index is 10.7. The molecule has 1 atom stereocenters. The van der Waals surface area contributed by atoms with Crippen LogP contribution in [0.4, 0.5) is 11.8 Å². The molecule has 8 aromatic rings. The van der Waals surface area contributed by atoms with E-state index in [0.29, 0.717) is 23.0 Å². The first kappa shape index (κ1) is 38.0. The number of benzene rings is 6. The number of aromatic nitrogens is 3. The lowest BCUT2D eigenvalue weighted by molar-refractivity contribution is 0.0944. The van der Waals surface area contributed by atoms with Crippen LogP contribution in [0.1, 0.15) is 39.1 Å². The van der Waals surface area contributed by atoms with E-state index in [1.807, 2.05) is 109 Å². The normalized spacial score (nSPS) is 12.2. The molecule has 0 aliphatic heterocycles. The number of methoxy groups -OCH3 is 2. The molecule has 0 spiro atoms. The average molecular weight is 768 g/mol. The first-order chi connectivity index (χ1) is 28.5. The van der Waals surface area contributed by atoms with E-state index in [0.717, 1.165) is 44.9 Å². The molecule has 8 rings (SSSR count). The number of hydrogen-bond acceptors (Lipinski definition) is 8. The lowest BCUT2D eigenvalue weighted by Gasteiger charge is -2.38. The zero-order valence-corrected chi connectivity index (χ0v) is 32.4. The summed E-state index contributed by atoms with van der Waals surface area (Å²) in [5, 5.41) is 33.7. The maximum Gasteiger partial charge on any atom is 0.244 e. The Morgan fingerprint density at radius 1 is 0.534 bits per heavy atom. The average Bonchev–Trinajstić information content (AvgIpc) is 3.70. The van der Waals surface area contributed by atoms with Crippen molar-refractivity contribution < 1.29 is 19.7 Å². The third-order valence-electron chi connectivity index (χ3n) is 10.7. The third-order valence-corrected chi connectivity index (χ3v) is 10.7. The van der Waals surface area contributed by atoms with E-state index in [2.05, 4.69) is 83.4 Å². The van der Waals surface area contributed by atoms with Gasteiger partial charge >= 0.3 is 0 Å². The molecule has 58 heavy (non-hydrogen) atoms. The monoisotopic (exact) mass is 767 g/mol. The molecule has 9 nitrogen and oxygen atoms in total. The van der Waals surface area contributed by atoms with Crippen LogP contribution in [0.3, 0.4) is 0 Å². The van der Waals surface area contributed by atoms with Crippen molar-refractivity contribution in [2.45, 2.75) is 23.6 Å². The van der Waals surface area contributed by atoms with Gasteiger partial charge in [-0.05, 0) is 69.8 Å². The maximum atomic E-state index is 10.7. The Balaban J connectivity index is 1.41. The van der Waals surface area contributed by atoms with Gasteiger partial charge in [-0.15, -0.1) is 5.10 Å². The van der Waals surface area contributed by atoms with Crippen LogP contribution in [0.25, 0.3) is 5.52 Å². The predicted molar refractivity (Wildman–Crippen MR) is 229 cm³/mol. The van der Waals surface area contributed by atoms with Crippen LogP contribution in [0.2, 0.25) is 0 Å². The van der Waals surface area contributed by atoms with Gasteiger partial charge in [-0.2, -0.15) is 4.98 Å². The largest absolute Gasteiger partial charge is 0.497 e. The van der Waals surface area contributed by atoms with Gasteiger partial charge in [0, 0.05) is 12.1 Å². The van der Waals surface area contributed by atoms with Crippen LogP contribution < -0.4 is 20.1 Å². The number of rotatable bonds is 15. The second-order valence-electron chi connectivity index (χ2n) is 14.1. The van der Waals surface area contributed by atoms with Crippen molar-refractivity contribution in [2.75, 3.05) is 31.5 Å². The van der Waals surface area contributed by atoms with Crippen LogP contribution >= 0.6 is 0 Å². The van der Waals surface area contributed by atoms with Gasteiger partial charge in [0.15, 0.2) is 5.82 Å². The van der Waals surface area contributed by atoms with Crippen LogP contribution in [-0.2, 0) is 17.5 Å². The Morgan fingerprint density at radius 2 is 0.931 bits per heavy atom. The fourth-order valence-corrected chi connectivity index (χ4v) is 7.87. The van der Waals surface area contributed by atoms with E-state index in [4.69, 9.17) is 19.6 Å². The number of nitrogens with one attached hydrogen (secondary N) is 2. The van der Waals surface area contributed by atoms with E-state index in [1.54, 1.807) is 18.7 Å². The van der Waals surface area contributed by atoms with Crippen molar-refractivity contribution in [2.24, 2.45) is 0 Å². The third kappa shape index (κ3) is 7.13. The highest BCUT2D eigenvalue weighted by molar-refractivity contribution is 5.74. The minimum atomic E-state index is -0.986. The quantitative estimate of drug-likeness (QED) is 0.0770. The van der Waals surface area contributed by atoms with Crippen LogP contribution in [0.5, 0.6) is 11.5 Å². The Bertz CT molecular complexity index is 2470. The Labute approximate surface area is 338 Å². The number of anilines is 2. The second kappa shape index (κ2) is 16.7. The fourth-order valence-electron chi connectivity index (χ4n) is 7.87. The highest BCUT2D eigenvalue weighted by Gasteiger charge is 2.40. The molecule has 1 unspecified atom stereocenters. The van der Waals surface area contributed by atoms with Gasteiger partial charge in [0.2, 0.25) is 5.95 Å². The van der Waals surface area contributed by atoms with Crippen molar-refractivity contribution in [3.05, 3.63) is 221 Å². The molecule has 0 bridgehead atoms. The van der Waals surface area contributed by atoms with Crippen molar-refractivity contribution in [3.63, 3.8) is 0 Å². The van der Waals surface area contributed by atoms with Crippen molar-refractivity contribution in [1.29, 1.82) is 0 Å². The summed E-state index contributed by atoms with van der Waals surface area (Å²) in [6.07, 6.45) is -0.817. The molecule has 4 N–H and O–H groups in total. The molecule has 6 aromatic carbocycles. The van der Waals surface area contributed by atoms with Crippen LogP contribution in [0, 0.1) is 0 Å². The van der Waals surface area contributed by atoms with E-state index < -0.39 is 17.2 Å². The highest BCUT2D eigenvalue weighted by atomic mass is 16.5. The predicted octanol–water partition coefficient (Wildman–Crippen LogP) is 8.45. The molecule has 290 valence electrons. The Hall–Kier alpha value is -6.94. The molecule has 0 saturated heterocycles. The zero-order chi connectivity index (χ0) is 40.0. The van der Waals surface area contributed by atoms with Gasteiger partial charge in [-0.1, -0.05) is 146 Å². The summed E-state index contributed by atoms with van der Waals surface area (Å²) < 4.78 is 13.0. The molecular weight excluding hydrogens is 723 g/mol. The summed E-state index contributed by atoms with van der Waals surface area (Å²) in [4.78, 5) is 5.39. The fraction of sp³-hybridized carbons (Fsp3) is 0.143. The molecular formula is C49H45N5O4.